The molecule has 36 heavy (non-hydrogen) atoms. The molecule has 192 valence electrons. The summed E-state index contributed by atoms with van der Waals surface area (Å²) in [5, 5.41) is 6.44. The second-order valence-electron chi connectivity index (χ2n) is 9.29. The van der Waals surface area contributed by atoms with Crippen LogP contribution in [0.15, 0.2) is 47.6 Å². The SMILES string of the molecule is CCOC(=O)C1CCN(CC(=O)N2N=C(c3ccc(OC)c(OC)c3)C[C@H]2c2ccc(C)cc2)CC1. The van der Waals surface area contributed by atoms with E-state index < -0.39 is 0 Å². The lowest BCUT2D eigenvalue weighted by Gasteiger charge is -2.32. The van der Waals surface area contributed by atoms with Gasteiger partial charge in [0.2, 0.25) is 0 Å². The molecule has 4 rings (SSSR count). The number of nitrogens with zero attached hydrogens (tertiary/aromatic N) is 3. The molecule has 2 heterocycles. The highest BCUT2D eigenvalue weighted by molar-refractivity contribution is 6.03. The lowest BCUT2D eigenvalue weighted by Crippen LogP contribution is -2.43. The zero-order valence-corrected chi connectivity index (χ0v) is 21.5. The van der Waals surface area contributed by atoms with Crippen LogP contribution in [0.25, 0.3) is 0 Å². The zero-order chi connectivity index (χ0) is 25.7. The number of aryl methyl sites for hydroxylation is 1. The molecule has 0 aliphatic carbocycles. The molecule has 2 aliphatic heterocycles. The number of ether oxygens (including phenoxy) is 3. The molecule has 0 bridgehead atoms. The summed E-state index contributed by atoms with van der Waals surface area (Å²) >= 11 is 0. The van der Waals surface area contributed by atoms with E-state index in [4.69, 9.17) is 19.3 Å². The maximum Gasteiger partial charge on any atom is 0.309 e. The van der Waals surface area contributed by atoms with Gasteiger partial charge in [-0.1, -0.05) is 29.8 Å². The standard InChI is InChI=1S/C28H35N3O5/c1-5-36-28(33)21-12-14-30(15-13-21)18-27(32)31-24(20-8-6-19(2)7-9-20)17-23(29-31)22-10-11-25(34-3)26(16-22)35-4/h6-11,16,21,24H,5,12-15,17-18H2,1-4H3/t24-/m0/s1. The van der Waals surface area contributed by atoms with E-state index in [2.05, 4.69) is 29.2 Å². The van der Waals surface area contributed by atoms with Gasteiger partial charge in [-0.15, -0.1) is 0 Å². The third-order valence-electron chi connectivity index (χ3n) is 6.91. The van der Waals surface area contributed by atoms with Crippen LogP contribution in [0.5, 0.6) is 11.5 Å². The minimum atomic E-state index is -0.182. The van der Waals surface area contributed by atoms with Gasteiger partial charge in [0.05, 0.1) is 45.0 Å². The lowest BCUT2D eigenvalue weighted by molar-refractivity contribution is -0.149. The summed E-state index contributed by atoms with van der Waals surface area (Å²) in [7, 11) is 3.21. The molecule has 1 amide bonds. The van der Waals surface area contributed by atoms with Crippen molar-refractivity contribution in [3.05, 3.63) is 59.2 Å². The van der Waals surface area contributed by atoms with E-state index in [9.17, 15) is 9.59 Å². The van der Waals surface area contributed by atoms with Crippen molar-refractivity contribution in [1.29, 1.82) is 0 Å². The Morgan fingerprint density at radius 2 is 1.69 bits per heavy atom. The van der Waals surface area contributed by atoms with Gasteiger partial charge in [-0.3, -0.25) is 14.5 Å². The summed E-state index contributed by atoms with van der Waals surface area (Å²) in [5.74, 6) is 1.00. The first-order valence-corrected chi connectivity index (χ1v) is 12.5. The van der Waals surface area contributed by atoms with Gasteiger partial charge >= 0.3 is 5.97 Å². The number of rotatable bonds is 8. The molecular formula is C28H35N3O5. The van der Waals surface area contributed by atoms with Crippen LogP contribution in [-0.4, -0.2) is 68.0 Å². The number of benzene rings is 2. The van der Waals surface area contributed by atoms with Crippen LogP contribution in [-0.2, 0) is 14.3 Å². The summed E-state index contributed by atoms with van der Waals surface area (Å²) in [6.45, 7) is 5.90. The molecule has 2 aliphatic rings. The topological polar surface area (TPSA) is 80.7 Å². The fourth-order valence-corrected chi connectivity index (χ4v) is 4.83. The molecule has 0 saturated carbocycles. The first-order chi connectivity index (χ1) is 17.4. The number of amides is 1. The molecule has 1 atom stereocenters. The molecular weight excluding hydrogens is 458 g/mol. The van der Waals surface area contributed by atoms with Crippen molar-refractivity contribution >= 4 is 17.6 Å². The Bertz CT molecular complexity index is 1110. The van der Waals surface area contributed by atoms with Crippen molar-refractivity contribution in [2.45, 2.75) is 39.2 Å². The van der Waals surface area contributed by atoms with E-state index in [1.807, 2.05) is 32.0 Å². The Kier molecular flexibility index (Phi) is 8.25. The largest absolute Gasteiger partial charge is 0.493 e. The van der Waals surface area contributed by atoms with Gasteiger partial charge in [-0.2, -0.15) is 5.10 Å². The third kappa shape index (κ3) is 5.70. The highest BCUT2D eigenvalue weighted by atomic mass is 16.5. The summed E-state index contributed by atoms with van der Waals surface area (Å²) in [4.78, 5) is 27.7. The number of hydrogen-bond acceptors (Lipinski definition) is 7. The van der Waals surface area contributed by atoms with Gasteiger partial charge in [-0.25, -0.2) is 5.01 Å². The van der Waals surface area contributed by atoms with E-state index >= 15 is 0 Å². The van der Waals surface area contributed by atoms with Crippen molar-refractivity contribution in [1.82, 2.24) is 9.91 Å². The molecule has 1 saturated heterocycles. The predicted octanol–water partition coefficient (Wildman–Crippen LogP) is 3.97. The maximum atomic E-state index is 13.5. The number of piperidine rings is 1. The number of hydrazone groups is 1. The van der Waals surface area contributed by atoms with Crippen LogP contribution in [0.3, 0.4) is 0 Å². The van der Waals surface area contributed by atoms with E-state index in [-0.39, 0.29) is 30.4 Å². The van der Waals surface area contributed by atoms with Crippen LogP contribution in [0.1, 0.15) is 48.9 Å². The first kappa shape index (κ1) is 25.7. The lowest BCUT2D eigenvalue weighted by atomic mass is 9.96. The van der Waals surface area contributed by atoms with E-state index in [0.717, 1.165) is 16.8 Å². The molecule has 0 spiro atoms. The van der Waals surface area contributed by atoms with Crippen LogP contribution >= 0.6 is 0 Å². The summed E-state index contributed by atoms with van der Waals surface area (Å²) in [6, 6.07) is 13.8. The fraction of sp³-hybridized carbons (Fsp3) is 0.464. The molecule has 0 unspecified atom stereocenters. The summed E-state index contributed by atoms with van der Waals surface area (Å²) < 4.78 is 16.0. The fourth-order valence-electron chi connectivity index (χ4n) is 4.83. The number of likely N-dealkylation sites (tertiary alicyclic amines) is 1. The number of carbonyl (C=O) groups excluding carboxylic acids is 2. The smallest absolute Gasteiger partial charge is 0.309 e. The number of methoxy groups -OCH3 is 2. The molecule has 8 nitrogen and oxygen atoms in total. The van der Waals surface area contributed by atoms with Crippen molar-refractivity contribution in [3.8, 4) is 11.5 Å². The molecule has 1 fully saturated rings. The van der Waals surface area contributed by atoms with E-state index in [1.165, 1.54) is 5.56 Å². The Hall–Kier alpha value is -3.39. The minimum absolute atomic E-state index is 0.0503. The molecule has 0 radical (unpaired) electrons. The molecule has 8 heteroatoms. The summed E-state index contributed by atoms with van der Waals surface area (Å²) in [6.07, 6.45) is 2.01. The zero-order valence-electron chi connectivity index (χ0n) is 21.5. The maximum absolute atomic E-state index is 13.5. The van der Waals surface area contributed by atoms with Gasteiger partial charge in [0.15, 0.2) is 11.5 Å². The Morgan fingerprint density at radius 3 is 2.33 bits per heavy atom. The highest BCUT2D eigenvalue weighted by Gasteiger charge is 2.35. The van der Waals surface area contributed by atoms with Gasteiger partial charge in [-0.05, 0) is 63.5 Å². The minimum Gasteiger partial charge on any atom is -0.493 e. The molecule has 0 aromatic heterocycles. The summed E-state index contributed by atoms with van der Waals surface area (Å²) in [5.41, 5.74) is 3.94. The van der Waals surface area contributed by atoms with Gasteiger partial charge in [0.25, 0.3) is 5.91 Å². The van der Waals surface area contributed by atoms with Crippen molar-refractivity contribution in [3.63, 3.8) is 0 Å². The Labute approximate surface area is 212 Å². The molecule has 2 aromatic rings. The first-order valence-electron chi connectivity index (χ1n) is 12.5. The third-order valence-corrected chi connectivity index (χ3v) is 6.91. The molecule has 2 aromatic carbocycles. The van der Waals surface area contributed by atoms with Crippen LogP contribution in [0, 0.1) is 12.8 Å². The van der Waals surface area contributed by atoms with Gasteiger partial charge in [0.1, 0.15) is 0 Å². The van der Waals surface area contributed by atoms with Crippen LogP contribution in [0.4, 0.5) is 0 Å². The van der Waals surface area contributed by atoms with Gasteiger partial charge in [0, 0.05) is 12.0 Å². The predicted molar refractivity (Wildman–Crippen MR) is 137 cm³/mol. The van der Waals surface area contributed by atoms with Crippen molar-refractivity contribution < 1.29 is 23.8 Å². The monoisotopic (exact) mass is 493 g/mol. The highest BCUT2D eigenvalue weighted by Crippen LogP contribution is 2.35. The van der Waals surface area contributed by atoms with Crippen molar-refractivity contribution in [2.24, 2.45) is 11.0 Å². The Balaban J connectivity index is 1.52. The second kappa shape index (κ2) is 11.6. The quantitative estimate of drug-likeness (QED) is 0.518. The average molecular weight is 494 g/mol. The average Bonchev–Trinajstić information content (AvgIpc) is 3.35. The van der Waals surface area contributed by atoms with Crippen molar-refractivity contribution in [2.75, 3.05) is 40.5 Å². The van der Waals surface area contributed by atoms with Crippen LogP contribution in [0.2, 0.25) is 0 Å². The normalized spacial score (nSPS) is 18.6. The number of hydrogen-bond donors (Lipinski definition) is 0. The second-order valence-corrected chi connectivity index (χ2v) is 9.29. The van der Waals surface area contributed by atoms with Crippen LogP contribution < -0.4 is 9.47 Å². The Morgan fingerprint density at radius 1 is 1.00 bits per heavy atom. The van der Waals surface area contributed by atoms with Gasteiger partial charge < -0.3 is 14.2 Å². The van der Waals surface area contributed by atoms with E-state index in [1.54, 1.807) is 19.2 Å². The van der Waals surface area contributed by atoms with E-state index in [0.29, 0.717) is 50.5 Å². The number of esters is 1. The molecule has 0 N–H and O–H groups in total. The number of carbonyl (C=O) groups is 2.